The van der Waals surface area contributed by atoms with E-state index in [9.17, 15) is 45.8 Å². The maximum Gasteiger partial charge on any atom is 0.306 e. The van der Waals surface area contributed by atoms with Crippen LogP contribution in [0.5, 0.6) is 5.75 Å². The molecule has 3 aromatic carbocycles. The summed E-state index contributed by atoms with van der Waals surface area (Å²) in [5, 5.41) is 21.8. The van der Waals surface area contributed by atoms with E-state index in [0.717, 1.165) is 31.4 Å². The molecule has 0 saturated heterocycles. The largest absolute Gasteiger partial charge is 0.495 e. The first kappa shape index (κ1) is 26.2. The van der Waals surface area contributed by atoms with Gasteiger partial charge in [-0.05, 0) is 42.5 Å². The van der Waals surface area contributed by atoms with E-state index in [4.69, 9.17) is 4.74 Å². The molecule has 2 N–H and O–H groups in total. The molecule has 0 fully saturated rings. The molecule has 36 heavy (non-hydrogen) atoms. The summed E-state index contributed by atoms with van der Waals surface area (Å²) in [6.45, 7) is 0. The predicted octanol–water partition coefficient (Wildman–Crippen LogP) is 3.39. The first-order valence-electron chi connectivity index (χ1n) is 9.37. The molecule has 0 saturated carbocycles. The number of benzene rings is 3. The van der Waals surface area contributed by atoms with E-state index in [0.29, 0.717) is 30.3 Å². The molecule has 0 aliphatic rings. The Hall–Kier alpha value is -4.38. The third kappa shape index (κ3) is 5.47. The summed E-state index contributed by atoms with van der Waals surface area (Å²) in [4.78, 5) is 18.4. The van der Waals surface area contributed by atoms with Crippen LogP contribution in [0.25, 0.3) is 0 Å². The summed E-state index contributed by atoms with van der Waals surface area (Å²) in [6.07, 6.45) is 0. The lowest BCUT2D eigenvalue weighted by Crippen LogP contribution is -2.17. The summed E-state index contributed by atoms with van der Waals surface area (Å²) in [5.74, 6) is -2.72. The van der Waals surface area contributed by atoms with Crippen LogP contribution in [0.2, 0.25) is 0 Å². The highest BCUT2D eigenvalue weighted by atomic mass is 32.2. The Balaban J connectivity index is 2.01. The summed E-state index contributed by atoms with van der Waals surface area (Å²) >= 11 is 0. The molecular weight excluding hydrogens is 530 g/mol. The van der Waals surface area contributed by atoms with Gasteiger partial charge in [0.2, 0.25) is 11.6 Å². The maximum absolute atomic E-state index is 13.6. The van der Waals surface area contributed by atoms with Crippen LogP contribution in [0.1, 0.15) is 0 Å². The van der Waals surface area contributed by atoms with Crippen molar-refractivity contribution in [2.24, 2.45) is 0 Å². The van der Waals surface area contributed by atoms with Crippen molar-refractivity contribution in [2.45, 2.75) is 9.79 Å². The van der Waals surface area contributed by atoms with Crippen LogP contribution in [-0.2, 0) is 20.0 Å². The van der Waals surface area contributed by atoms with Crippen molar-refractivity contribution < 1.29 is 40.2 Å². The molecule has 0 heterocycles. The third-order valence-electron chi connectivity index (χ3n) is 4.53. The second kappa shape index (κ2) is 9.70. The van der Waals surface area contributed by atoms with Gasteiger partial charge in [-0.1, -0.05) is 0 Å². The Morgan fingerprint density at radius 1 is 0.750 bits per heavy atom. The van der Waals surface area contributed by atoms with Crippen LogP contribution < -0.4 is 14.2 Å². The fraction of sp³-hybridized carbons (Fsp3) is 0.0526. The molecule has 3 aromatic rings. The monoisotopic (exact) mass is 544 g/mol. The highest BCUT2D eigenvalue weighted by molar-refractivity contribution is 7.93. The van der Waals surface area contributed by atoms with Crippen molar-refractivity contribution in [2.75, 3.05) is 16.6 Å². The molecule has 0 bridgehead atoms. The molecule has 0 atom stereocenters. The fourth-order valence-electron chi connectivity index (χ4n) is 2.89. The van der Waals surface area contributed by atoms with Gasteiger partial charge >= 0.3 is 11.4 Å². The smallest absolute Gasteiger partial charge is 0.306 e. The van der Waals surface area contributed by atoms with Crippen molar-refractivity contribution in [1.29, 1.82) is 0 Å². The minimum Gasteiger partial charge on any atom is -0.495 e. The third-order valence-corrected chi connectivity index (χ3v) is 7.31. The second-order valence-electron chi connectivity index (χ2n) is 6.87. The normalized spacial score (nSPS) is 11.5. The summed E-state index contributed by atoms with van der Waals surface area (Å²) in [6, 6.07) is 7.11. The standard InChI is InChI=1S/C19H14F2N4O9S2/c1-34-18-7-4-13(35(30,31)22-11-2-5-14(20)16(8-11)24(26)27)10-19(18)36(32,33)23-12-3-6-15(21)17(9-12)25(28)29/h2-10,22-23H,1H3. The summed E-state index contributed by atoms with van der Waals surface area (Å²) < 4.78 is 87.6. The molecular formula is C19H14F2N4O9S2. The summed E-state index contributed by atoms with van der Waals surface area (Å²) in [5.41, 5.74) is -2.77. The lowest BCUT2D eigenvalue weighted by atomic mass is 10.3. The number of nitro groups is 2. The second-order valence-corrected chi connectivity index (χ2v) is 10.2. The Morgan fingerprint density at radius 3 is 1.67 bits per heavy atom. The van der Waals surface area contributed by atoms with Gasteiger partial charge < -0.3 is 4.74 Å². The molecule has 17 heteroatoms. The van der Waals surface area contributed by atoms with Crippen LogP contribution in [-0.4, -0.2) is 33.8 Å². The van der Waals surface area contributed by atoms with Gasteiger partial charge in [-0.2, -0.15) is 8.78 Å². The van der Waals surface area contributed by atoms with Crippen LogP contribution in [0.15, 0.2) is 64.4 Å². The van der Waals surface area contributed by atoms with E-state index in [1.165, 1.54) is 0 Å². The number of halogens is 2. The molecule has 0 radical (unpaired) electrons. The van der Waals surface area contributed by atoms with Crippen LogP contribution >= 0.6 is 0 Å². The summed E-state index contributed by atoms with van der Waals surface area (Å²) in [7, 11) is -8.10. The molecule has 190 valence electrons. The Morgan fingerprint density at radius 2 is 1.22 bits per heavy atom. The minimum atomic E-state index is -4.64. The average molecular weight is 544 g/mol. The van der Waals surface area contributed by atoms with Crippen molar-refractivity contribution in [1.82, 2.24) is 0 Å². The van der Waals surface area contributed by atoms with Crippen molar-refractivity contribution in [3.05, 3.63) is 86.5 Å². The fourth-order valence-corrected chi connectivity index (χ4v) is 5.29. The van der Waals surface area contributed by atoms with E-state index in [1.54, 1.807) is 0 Å². The zero-order valence-corrected chi connectivity index (χ0v) is 19.5. The van der Waals surface area contributed by atoms with Crippen LogP contribution in [0.3, 0.4) is 0 Å². The zero-order chi connectivity index (χ0) is 26.8. The molecule has 3 rings (SSSR count). The van der Waals surface area contributed by atoms with E-state index < -0.39 is 68.4 Å². The molecule has 0 aliphatic carbocycles. The molecule has 0 aromatic heterocycles. The Kier molecular flexibility index (Phi) is 7.07. The maximum atomic E-state index is 13.6. The van der Waals surface area contributed by atoms with Gasteiger partial charge in [0.15, 0.2) is 0 Å². The minimum absolute atomic E-state index is 0.310. The lowest BCUT2D eigenvalue weighted by Gasteiger charge is -2.14. The quantitative estimate of drug-likeness (QED) is 0.300. The lowest BCUT2D eigenvalue weighted by molar-refractivity contribution is -0.387. The van der Waals surface area contributed by atoms with Gasteiger partial charge in [-0.25, -0.2) is 16.8 Å². The van der Waals surface area contributed by atoms with Crippen molar-refractivity contribution >= 4 is 42.8 Å². The number of hydrogen-bond donors (Lipinski definition) is 2. The topological polar surface area (TPSA) is 188 Å². The number of nitro benzene ring substituents is 2. The van der Waals surface area contributed by atoms with Crippen molar-refractivity contribution in [3.63, 3.8) is 0 Å². The van der Waals surface area contributed by atoms with E-state index in [-0.39, 0.29) is 11.4 Å². The van der Waals surface area contributed by atoms with Gasteiger partial charge in [-0.15, -0.1) is 0 Å². The number of nitrogens with one attached hydrogen (secondary N) is 2. The number of sulfonamides is 2. The molecule has 0 amide bonds. The highest BCUT2D eigenvalue weighted by Crippen LogP contribution is 2.31. The predicted molar refractivity (Wildman–Crippen MR) is 121 cm³/mol. The van der Waals surface area contributed by atoms with Gasteiger partial charge in [-0.3, -0.25) is 29.7 Å². The SMILES string of the molecule is COc1ccc(S(=O)(=O)Nc2ccc(F)c([N+](=O)[O-])c2)cc1S(=O)(=O)Nc1ccc(F)c([N+](=O)[O-])c1. The van der Waals surface area contributed by atoms with E-state index in [2.05, 4.69) is 0 Å². The Labute approximate surface area is 201 Å². The molecule has 0 spiro atoms. The first-order valence-corrected chi connectivity index (χ1v) is 12.3. The molecule has 13 nitrogen and oxygen atoms in total. The Bertz CT molecular complexity index is 1600. The number of hydrogen-bond acceptors (Lipinski definition) is 9. The molecule has 0 aliphatic heterocycles. The van der Waals surface area contributed by atoms with E-state index >= 15 is 0 Å². The van der Waals surface area contributed by atoms with Gasteiger partial charge in [0.05, 0.1) is 33.2 Å². The van der Waals surface area contributed by atoms with E-state index in [1.807, 2.05) is 9.44 Å². The average Bonchev–Trinajstić information content (AvgIpc) is 2.80. The van der Waals surface area contributed by atoms with Crippen LogP contribution in [0.4, 0.5) is 31.5 Å². The highest BCUT2D eigenvalue weighted by Gasteiger charge is 2.26. The van der Waals surface area contributed by atoms with Gasteiger partial charge in [0.1, 0.15) is 10.6 Å². The number of rotatable bonds is 9. The van der Waals surface area contributed by atoms with Crippen molar-refractivity contribution in [3.8, 4) is 5.75 Å². The number of anilines is 2. The van der Waals surface area contributed by atoms with Gasteiger partial charge in [0.25, 0.3) is 20.0 Å². The zero-order valence-electron chi connectivity index (χ0n) is 17.8. The first-order chi connectivity index (χ1) is 16.7. The number of nitrogens with zero attached hydrogens (tertiary/aromatic N) is 2. The molecule has 0 unspecified atom stereocenters. The van der Waals surface area contributed by atoms with Gasteiger partial charge in [0, 0.05) is 12.1 Å². The number of methoxy groups -OCH3 is 1. The van der Waals surface area contributed by atoms with Crippen LogP contribution in [0, 0.1) is 31.9 Å². The number of ether oxygens (including phenoxy) is 1.